The van der Waals surface area contributed by atoms with Crippen LogP contribution in [0.4, 0.5) is 4.39 Å². The maximum Gasteiger partial charge on any atom is 0.289 e. The number of benzene rings is 1. The molecule has 4 rings (SSSR count). The first kappa shape index (κ1) is 20.9. The number of carbonyl (C=O) groups is 2. The van der Waals surface area contributed by atoms with Gasteiger partial charge in [0.05, 0.1) is 6.04 Å². The number of hydrogen-bond donors (Lipinski definition) is 1. The van der Waals surface area contributed by atoms with Gasteiger partial charge in [-0.1, -0.05) is 25.5 Å². The van der Waals surface area contributed by atoms with E-state index < -0.39 is 0 Å². The van der Waals surface area contributed by atoms with Crippen LogP contribution in [0, 0.1) is 11.7 Å². The molecular weight excluding hydrogens is 383 g/mol. The van der Waals surface area contributed by atoms with Crippen molar-refractivity contribution in [3.8, 4) is 0 Å². The molecule has 1 heterocycles. The Bertz CT molecular complexity index is 816. The van der Waals surface area contributed by atoms with Crippen molar-refractivity contribution in [1.29, 1.82) is 0 Å². The molecular formula is C24H31FN2O3. The Morgan fingerprint density at radius 1 is 1.20 bits per heavy atom. The predicted molar refractivity (Wildman–Crippen MR) is 113 cm³/mol. The van der Waals surface area contributed by atoms with Gasteiger partial charge in [0, 0.05) is 6.04 Å². The zero-order chi connectivity index (χ0) is 21.1. The summed E-state index contributed by atoms with van der Waals surface area (Å²) in [7, 11) is 0. The van der Waals surface area contributed by atoms with Gasteiger partial charge in [0.1, 0.15) is 18.5 Å². The molecule has 3 aliphatic rings. The van der Waals surface area contributed by atoms with Gasteiger partial charge in [-0.25, -0.2) is 4.39 Å². The first-order chi connectivity index (χ1) is 14.5. The van der Waals surface area contributed by atoms with Crippen molar-refractivity contribution in [2.24, 2.45) is 5.92 Å². The molecule has 1 aromatic rings. The molecule has 0 spiro atoms. The van der Waals surface area contributed by atoms with Crippen molar-refractivity contribution in [1.82, 2.24) is 10.2 Å². The second kappa shape index (κ2) is 9.19. The highest BCUT2D eigenvalue weighted by Gasteiger charge is 2.42. The summed E-state index contributed by atoms with van der Waals surface area (Å²) in [5.41, 5.74) is 0.577. The van der Waals surface area contributed by atoms with Crippen LogP contribution in [0.2, 0.25) is 0 Å². The number of carbonyl (C=O) groups excluding carboxylic acids is 2. The Kier molecular flexibility index (Phi) is 6.40. The van der Waals surface area contributed by atoms with Crippen LogP contribution in [0.25, 0.3) is 6.08 Å². The first-order valence-corrected chi connectivity index (χ1v) is 11.2. The molecule has 2 aliphatic carbocycles. The Hall–Kier alpha value is -2.37. The molecule has 0 radical (unpaired) electrons. The van der Waals surface area contributed by atoms with Gasteiger partial charge >= 0.3 is 0 Å². The van der Waals surface area contributed by atoms with E-state index in [0.29, 0.717) is 5.56 Å². The molecule has 0 aromatic heterocycles. The summed E-state index contributed by atoms with van der Waals surface area (Å²) in [5.74, 6) is 0.177. The van der Waals surface area contributed by atoms with E-state index in [2.05, 4.69) is 12.2 Å². The Labute approximate surface area is 177 Å². The molecule has 5 nitrogen and oxygen atoms in total. The van der Waals surface area contributed by atoms with Crippen molar-refractivity contribution < 1.29 is 18.7 Å². The maximum absolute atomic E-state index is 13.6. The standard InChI is InChI=1S/C24H31FN2O3/c1-16-9-11-19(12-10-16)26-23(28)15-27-20-7-2-3-8-21(20)30-22(24(27)29)14-17-5-4-6-18(25)13-17/h4-6,13-14,16,19-21H,2-3,7-12,15H2,1H3,(H,26,28)/b22-14+. The molecule has 1 saturated heterocycles. The Morgan fingerprint density at radius 2 is 1.97 bits per heavy atom. The van der Waals surface area contributed by atoms with Crippen molar-refractivity contribution in [3.63, 3.8) is 0 Å². The van der Waals surface area contributed by atoms with Crippen LogP contribution in [0.5, 0.6) is 0 Å². The van der Waals surface area contributed by atoms with Gasteiger partial charge in [0.2, 0.25) is 5.91 Å². The Balaban J connectivity index is 1.49. The molecule has 2 amide bonds. The van der Waals surface area contributed by atoms with E-state index in [1.165, 1.54) is 12.1 Å². The highest BCUT2D eigenvalue weighted by molar-refractivity contribution is 5.98. The van der Waals surface area contributed by atoms with Gasteiger partial charge in [0.15, 0.2) is 5.76 Å². The number of rotatable bonds is 4. The average molecular weight is 415 g/mol. The molecule has 0 bridgehead atoms. The van der Waals surface area contributed by atoms with Crippen LogP contribution in [-0.4, -0.2) is 41.4 Å². The van der Waals surface area contributed by atoms with Crippen molar-refractivity contribution in [2.75, 3.05) is 6.54 Å². The highest BCUT2D eigenvalue weighted by Crippen LogP contribution is 2.33. The summed E-state index contributed by atoms with van der Waals surface area (Å²) in [4.78, 5) is 27.7. The third-order valence-corrected chi connectivity index (χ3v) is 6.66. The predicted octanol–water partition coefficient (Wildman–Crippen LogP) is 4.03. The molecule has 1 aliphatic heterocycles. The van der Waals surface area contributed by atoms with Crippen LogP contribution >= 0.6 is 0 Å². The van der Waals surface area contributed by atoms with E-state index in [9.17, 15) is 14.0 Å². The summed E-state index contributed by atoms with van der Waals surface area (Å²) >= 11 is 0. The molecule has 162 valence electrons. The van der Waals surface area contributed by atoms with Crippen LogP contribution in [0.3, 0.4) is 0 Å². The van der Waals surface area contributed by atoms with E-state index in [4.69, 9.17) is 4.74 Å². The monoisotopic (exact) mass is 414 g/mol. The van der Waals surface area contributed by atoms with Crippen LogP contribution in [0.15, 0.2) is 30.0 Å². The number of morpholine rings is 1. The third kappa shape index (κ3) is 4.85. The number of halogens is 1. The molecule has 2 unspecified atom stereocenters. The SMILES string of the molecule is CC1CCC(NC(=O)CN2C(=O)/C(=C\c3cccc(F)c3)OC3CCCCC32)CC1. The Morgan fingerprint density at radius 3 is 2.73 bits per heavy atom. The van der Waals surface area contributed by atoms with Crippen LogP contribution < -0.4 is 5.32 Å². The first-order valence-electron chi connectivity index (χ1n) is 11.2. The molecule has 6 heteroatoms. The molecule has 3 fully saturated rings. The van der Waals surface area contributed by atoms with Crippen molar-refractivity contribution >= 4 is 17.9 Å². The maximum atomic E-state index is 13.6. The second-order valence-electron chi connectivity index (χ2n) is 9.03. The number of amides is 2. The summed E-state index contributed by atoms with van der Waals surface area (Å²) < 4.78 is 19.6. The smallest absolute Gasteiger partial charge is 0.289 e. The van der Waals surface area contributed by atoms with Gasteiger partial charge in [-0.05, 0) is 74.6 Å². The minimum absolute atomic E-state index is 0.0515. The fourth-order valence-electron chi connectivity index (χ4n) is 4.94. The van der Waals surface area contributed by atoms with Gasteiger partial charge in [-0.3, -0.25) is 9.59 Å². The summed E-state index contributed by atoms with van der Waals surface area (Å²) in [5, 5.41) is 3.13. The van der Waals surface area contributed by atoms with Gasteiger partial charge in [-0.2, -0.15) is 0 Å². The average Bonchev–Trinajstić information content (AvgIpc) is 2.73. The molecule has 2 atom stereocenters. The second-order valence-corrected chi connectivity index (χ2v) is 9.03. The molecule has 1 aromatic carbocycles. The summed E-state index contributed by atoms with van der Waals surface area (Å²) in [6.45, 7) is 2.30. The van der Waals surface area contributed by atoms with Gasteiger partial charge in [-0.15, -0.1) is 0 Å². The summed E-state index contributed by atoms with van der Waals surface area (Å²) in [6.07, 6.45) is 9.52. The van der Waals surface area contributed by atoms with Crippen molar-refractivity contribution in [2.45, 2.75) is 76.5 Å². The largest absolute Gasteiger partial charge is 0.482 e. The van der Waals surface area contributed by atoms with Gasteiger partial charge < -0.3 is 15.0 Å². The van der Waals surface area contributed by atoms with Crippen LogP contribution in [0.1, 0.15) is 63.9 Å². The van der Waals surface area contributed by atoms with E-state index >= 15 is 0 Å². The third-order valence-electron chi connectivity index (χ3n) is 6.66. The summed E-state index contributed by atoms with van der Waals surface area (Å²) in [6, 6.07) is 6.21. The number of hydrogen-bond acceptors (Lipinski definition) is 3. The quantitative estimate of drug-likeness (QED) is 0.757. The van der Waals surface area contributed by atoms with E-state index in [1.54, 1.807) is 23.1 Å². The fraction of sp³-hybridized carbons (Fsp3) is 0.583. The lowest BCUT2D eigenvalue weighted by Gasteiger charge is -2.44. The number of ether oxygens (including phenoxy) is 1. The lowest BCUT2D eigenvalue weighted by atomic mass is 9.87. The lowest BCUT2D eigenvalue weighted by Crippen LogP contribution is -2.57. The molecule has 2 saturated carbocycles. The van der Waals surface area contributed by atoms with E-state index in [1.807, 2.05) is 0 Å². The minimum Gasteiger partial charge on any atom is -0.482 e. The zero-order valence-corrected chi connectivity index (χ0v) is 17.6. The zero-order valence-electron chi connectivity index (χ0n) is 17.6. The number of fused-ring (bicyclic) bond motifs is 1. The molecule has 1 N–H and O–H groups in total. The number of nitrogens with zero attached hydrogens (tertiary/aromatic N) is 1. The van der Waals surface area contributed by atoms with E-state index in [0.717, 1.165) is 57.3 Å². The van der Waals surface area contributed by atoms with Gasteiger partial charge in [0.25, 0.3) is 5.91 Å². The van der Waals surface area contributed by atoms with Crippen LogP contribution in [-0.2, 0) is 14.3 Å². The fourth-order valence-corrected chi connectivity index (χ4v) is 4.94. The molecule has 30 heavy (non-hydrogen) atoms. The van der Waals surface area contributed by atoms with Crippen molar-refractivity contribution in [3.05, 3.63) is 41.4 Å². The lowest BCUT2D eigenvalue weighted by molar-refractivity contribution is -0.152. The highest BCUT2D eigenvalue weighted by atomic mass is 19.1. The van der Waals surface area contributed by atoms with E-state index in [-0.39, 0.29) is 48.1 Å². The topological polar surface area (TPSA) is 58.6 Å². The normalized spacial score (nSPS) is 30.5. The minimum atomic E-state index is -0.360. The number of nitrogens with one attached hydrogen (secondary N) is 1.